The average molecular weight is 321 g/mol. The summed E-state index contributed by atoms with van der Waals surface area (Å²) in [4.78, 5) is 16.5. The first-order valence-electron chi connectivity index (χ1n) is 9.01. The molecule has 0 spiro atoms. The van der Waals surface area contributed by atoms with E-state index in [-0.39, 0.29) is 11.8 Å². The largest absolute Gasteiger partial charge is 0.381 e. The summed E-state index contributed by atoms with van der Waals surface area (Å²) in [5.41, 5.74) is 0. The molecule has 128 valence electrons. The van der Waals surface area contributed by atoms with Gasteiger partial charge in [-0.25, -0.2) is 0 Å². The van der Waals surface area contributed by atoms with Crippen LogP contribution in [-0.2, 0) is 16.0 Å². The van der Waals surface area contributed by atoms with Crippen molar-refractivity contribution in [2.75, 3.05) is 13.2 Å². The molecule has 6 nitrogen and oxygen atoms in total. The summed E-state index contributed by atoms with van der Waals surface area (Å²) in [5, 5.41) is 7.19. The lowest BCUT2D eigenvalue weighted by Crippen LogP contribution is -2.35. The molecular formula is C17H27N3O3. The molecule has 2 heterocycles. The van der Waals surface area contributed by atoms with Gasteiger partial charge in [-0.05, 0) is 19.3 Å². The number of nitrogens with one attached hydrogen (secondary N) is 1. The molecule has 0 bridgehead atoms. The number of carbonyl (C=O) groups is 1. The summed E-state index contributed by atoms with van der Waals surface area (Å²) in [5.74, 6) is 1.62. The molecule has 0 aromatic carbocycles. The van der Waals surface area contributed by atoms with Gasteiger partial charge in [0.05, 0.1) is 6.61 Å². The van der Waals surface area contributed by atoms with Gasteiger partial charge in [0.25, 0.3) is 0 Å². The number of ether oxygens (including phenoxy) is 1. The molecule has 1 aliphatic heterocycles. The van der Waals surface area contributed by atoms with Gasteiger partial charge in [0.15, 0.2) is 5.82 Å². The van der Waals surface area contributed by atoms with Gasteiger partial charge in [-0.1, -0.05) is 37.3 Å². The number of amides is 1. The van der Waals surface area contributed by atoms with E-state index in [1.165, 1.54) is 32.1 Å². The molecular weight excluding hydrogens is 294 g/mol. The van der Waals surface area contributed by atoms with Crippen molar-refractivity contribution in [3.63, 3.8) is 0 Å². The maximum absolute atomic E-state index is 12.1. The molecule has 2 aliphatic rings. The highest BCUT2D eigenvalue weighted by molar-refractivity contribution is 5.76. The van der Waals surface area contributed by atoms with E-state index >= 15 is 0 Å². The second-order valence-corrected chi connectivity index (χ2v) is 6.72. The zero-order chi connectivity index (χ0) is 15.9. The summed E-state index contributed by atoms with van der Waals surface area (Å²) < 4.78 is 10.6. The van der Waals surface area contributed by atoms with E-state index < -0.39 is 0 Å². The molecule has 1 aromatic heterocycles. The number of nitrogens with zero attached hydrogens (tertiary/aromatic N) is 2. The van der Waals surface area contributed by atoms with Crippen LogP contribution in [0.3, 0.4) is 0 Å². The molecule has 6 heteroatoms. The maximum atomic E-state index is 12.1. The maximum Gasteiger partial charge on any atom is 0.227 e. The van der Waals surface area contributed by atoms with E-state index in [1.807, 2.05) is 0 Å². The van der Waals surface area contributed by atoms with E-state index in [2.05, 4.69) is 15.5 Å². The monoisotopic (exact) mass is 321 g/mol. The van der Waals surface area contributed by atoms with Crippen molar-refractivity contribution in [3.05, 3.63) is 11.7 Å². The predicted octanol–water partition coefficient (Wildman–Crippen LogP) is 2.74. The lowest BCUT2D eigenvalue weighted by molar-refractivity contribution is -0.122. The van der Waals surface area contributed by atoms with Crippen molar-refractivity contribution in [3.8, 4) is 0 Å². The minimum Gasteiger partial charge on any atom is -0.381 e. The second-order valence-electron chi connectivity index (χ2n) is 6.72. The predicted molar refractivity (Wildman–Crippen MR) is 85.0 cm³/mol. The Labute approximate surface area is 137 Å². The first kappa shape index (κ1) is 16.4. The molecule has 3 rings (SSSR count). The molecule has 1 N–H and O–H groups in total. The Morgan fingerprint density at radius 2 is 1.91 bits per heavy atom. The Morgan fingerprint density at radius 1 is 1.13 bits per heavy atom. The fourth-order valence-corrected chi connectivity index (χ4v) is 3.39. The Balaban J connectivity index is 1.41. The summed E-state index contributed by atoms with van der Waals surface area (Å²) in [6, 6.07) is 0.344. The number of hydrogen-bond donors (Lipinski definition) is 1. The Morgan fingerprint density at radius 3 is 2.65 bits per heavy atom. The average Bonchev–Trinajstić information content (AvgIpc) is 3.18. The van der Waals surface area contributed by atoms with Crippen molar-refractivity contribution in [2.45, 2.75) is 76.2 Å². The Bertz CT molecular complexity index is 489. The minimum atomic E-state index is 0.0968. The first-order valence-corrected chi connectivity index (χ1v) is 9.01. The van der Waals surface area contributed by atoms with E-state index in [4.69, 9.17) is 9.26 Å². The van der Waals surface area contributed by atoms with Crippen LogP contribution in [0.2, 0.25) is 0 Å². The summed E-state index contributed by atoms with van der Waals surface area (Å²) in [6.45, 7) is 1.43. The molecule has 23 heavy (non-hydrogen) atoms. The summed E-state index contributed by atoms with van der Waals surface area (Å²) in [6.07, 6.45) is 10.5. The fraction of sp³-hybridized carbons (Fsp3) is 0.824. The van der Waals surface area contributed by atoms with Crippen LogP contribution in [0, 0.1) is 0 Å². The quantitative estimate of drug-likeness (QED) is 0.902. The first-order chi connectivity index (χ1) is 11.3. The lowest BCUT2D eigenvalue weighted by atomic mass is 9.96. The molecule has 2 fully saturated rings. The van der Waals surface area contributed by atoms with E-state index in [1.54, 1.807) is 0 Å². The standard InChI is InChI=1S/C17H27N3O3/c21-15(18-14-6-4-2-1-3-5-7-14)8-9-16-19-17(20-23-16)13-10-11-22-12-13/h13-14H,1-12H2,(H,18,21). The Kier molecular flexibility index (Phi) is 6.02. The third-order valence-electron chi connectivity index (χ3n) is 4.81. The summed E-state index contributed by atoms with van der Waals surface area (Å²) in [7, 11) is 0. The number of carbonyl (C=O) groups excluding carboxylic acids is 1. The normalized spacial score (nSPS) is 23.4. The fourth-order valence-electron chi connectivity index (χ4n) is 3.39. The number of rotatable bonds is 5. The van der Waals surface area contributed by atoms with Gasteiger partial charge >= 0.3 is 0 Å². The summed E-state index contributed by atoms with van der Waals surface area (Å²) >= 11 is 0. The molecule has 1 unspecified atom stereocenters. The van der Waals surface area contributed by atoms with E-state index in [0.717, 1.165) is 31.7 Å². The smallest absolute Gasteiger partial charge is 0.227 e. The Hall–Kier alpha value is -1.43. The third-order valence-corrected chi connectivity index (χ3v) is 4.81. The van der Waals surface area contributed by atoms with Crippen LogP contribution >= 0.6 is 0 Å². The highest BCUT2D eigenvalue weighted by Gasteiger charge is 2.23. The van der Waals surface area contributed by atoms with Crippen molar-refractivity contribution in [1.29, 1.82) is 0 Å². The molecule has 1 saturated heterocycles. The van der Waals surface area contributed by atoms with Gasteiger partial charge in [0, 0.05) is 31.4 Å². The van der Waals surface area contributed by atoms with Crippen molar-refractivity contribution in [2.24, 2.45) is 0 Å². The highest BCUT2D eigenvalue weighted by Crippen LogP contribution is 2.22. The van der Waals surface area contributed by atoms with Gasteiger partial charge in [-0.15, -0.1) is 0 Å². The number of aryl methyl sites for hydroxylation is 1. The molecule has 1 aliphatic carbocycles. The van der Waals surface area contributed by atoms with E-state index in [0.29, 0.717) is 31.4 Å². The molecule has 1 aromatic rings. The van der Waals surface area contributed by atoms with Crippen LogP contribution in [0.15, 0.2) is 4.52 Å². The molecule has 1 atom stereocenters. The zero-order valence-corrected chi connectivity index (χ0v) is 13.8. The molecule has 0 radical (unpaired) electrons. The van der Waals surface area contributed by atoms with Crippen molar-refractivity contribution in [1.82, 2.24) is 15.5 Å². The number of aromatic nitrogens is 2. The van der Waals surface area contributed by atoms with Crippen LogP contribution in [0.4, 0.5) is 0 Å². The van der Waals surface area contributed by atoms with Crippen LogP contribution in [-0.4, -0.2) is 35.3 Å². The highest BCUT2D eigenvalue weighted by atomic mass is 16.5. The molecule has 1 amide bonds. The van der Waals surface area contributed by atoms with Crippen molar-refractivity contribution >= 4 is 5.91 Å². The zero-order valence-electron chi connectivity index (χ0n) is 13.8. The van der Waals surface area contributed by atoms with Gasteiger partial charge in [-0.3, -0.25) is 4.79 Å². The van der Waals surface area contributed by atoms with Gasteiger partial charge < -0.3 is 14.6 Å². The van der Waals surface area contributed by atoms with E-state index in [9.17, 15) is 4.79 Å². The van der Waals surface area contributed by atoms with Crippen LogP contribution in [0.1, 0.15) is 75.4 Å². The topological polar surface area (TPSA) is 77.2 Å². The van der Waals surface area contributed by atoms with Crippen LogP contribution in [0.5, 0.6) is 0 Å². The van der Waals surface area contributed by atoms with Crippen LogP contribution in [0.25, 0.3) is 0 Å². The second kappa shape index (κ2) is 8.43. The number of hydrogen-bond acceptors (Lipinski definition) is 5. The van der Waals surface area contributed by atoms with Gasteiger partial charge in [0.1, 0.15) is 0 Å². The molecule has 1 saturated carbocycles. The van der Waals surface area contributed by atoms with Crippen molar-refractivity contribution < 1.29 is 14.1 Å². The minimum absolute atomic E-state index is 0.0968. The third kappa shape index (κ3) is 5.03. The SMILES string of the molecule is O=C(CCc1nc(C2CCOC2)no1)NC1CCCCCCC1. The van der Waals surface area contributed by atoms with Gasteiger partial charge in [-0.2, -0.15) is 4.98 Å². The van der Waals surface area contributed by atoms with Gasteiger partial charge in [0.2, 0.25) is 11.8 Å². The van der Waals surface area contributed by atoms with Crippen LogP contribution < -0.4 is 5.32 Å². The lowest BCUT2D eigenvalue weighted by Gasteiger charge is -2.20.